The van der Waals surface area contributed by atoms with Crippen molar-refractivity contribution in [1.29, 1.82) is 0 Å². The summed E-state index contributed by atoms with van der Waals surface area (Å²) in [4.78, 5) is 0. The summed E-state index contributed by atoms with van der Waals surface area (Å²) < 4.78 is 143. The molecule has 0 N–H and O–H groups in total. The first-order valence-electron chi connectivity index (χ1n) is 16.3. The van der Waals surface area contributed by atoms with Crippen molar-refractivity contribution in [3.05, 3.63) is 107 Å². The molecule has 8 nitrogen and oxygen atoms in total. The number of hydrogen-bond donors (Lipinski definition) is 0. The van der Waals surface area contributed by atoms with Crippen molar-refractivity contribution in [3.8, 4) is 46.0 Å². The van der Waals surface area contributed by atoms with Crippen LogP contribution in [-0.4, -0.2) is 48.8 Å². The Morgan fingerprint density at radius 2 is 0.727 bits per heavy atom. The van der Waals surface area contributed by atoms with Crippen molar-refractivity contribution >= 4 is 0 Å². The molecule has 0 spiro atoms. The molecule has 0 radical (unpaired) electrons. The van der Waals surface area contributed by atoms with Gasteiger partial charge in [0.1, 0.15) is 0 Å². The summed E-state index contributed by atoms with van der Waals surface area (Å²) in [6, 6.07) is 10.6. The van der Waals surface area contributed by atoms with Gasteiger partial charge >= 0.3 is 0 Å². The monoisotopic (exact) mass is 792 g/mol. The van der Waals surface area contributed by atoms with Gasteiger partial charge in [0.2, 0.25) is 46.5 Å². The zero-order chi connectivity index (χ0) is 41.7. The van der Waals surface area contributed by atoms with E-state index in [2.05, 4.69) is 23.7 Å². The fourth-order valence-corrected chi connectivity index (χ4v) is 3.77. The normalized spacial score (nSPS) is 10.2. The molecule has 0 amide bonds. The average molecular weight is 793 g/mol. The van der Waals surface area contributed by atoms with Gasteiger partial charge in [-0.05, 0) is 67.8 Å². The number of benzene rings is 4. The summed E-state index contributed by atoms with van der Waals surface area (Å²) in [6.07, 6.45) is 3.58. The van der Waals surface area contributed by atoms with Gasteiger partial charge in [-0.1, -0.05) is 26.8 Å². The molecule has 55 heavy (non-hydrogen) atoms. The molecule has 4 aromatic rings. The van der Waals surface area contributed by atoms with E-state index in [9.17, 15) is 35.1 Å². The Labute approximate surface area is 315 Å². The van der Waals surface area contributed by atoms with Gasteiger partial charge in [0.15, 0.2) is 46.0 Å². The van der Waals surface area contributed by atoms with Crippen LogP contribution in [0.3, 0.4) is 0 Å². The van der Waals surface area contributed by atoms with Gasteiger partial charge in [0.25, 0.3) is 0 Å². The quantitative estimate of drug-likeness (QED) is 0.0979. The second-order valence-corrected chi connectivity index (χ2v) is 10.9. The lowest BCUT2D eigenvalue weighted by Crippen LogP contribution is -2.06. The molecule has 0 aliphatic heterocycles. The smallest absolute Gasteiger partial charge is 0.205 e. The van der Waals surface area contributed by atoms with Gasteiger partial charge in [-0.25, -0.2) is 0 Å². The molecule has 0 aliphatic carbocycles. The maximum atomic E-state index is 13.3. The Balaban J connectivity index is 0.000000368. The van der Waals surface area contributed by atoms with Crippen LogP contribution in [0, 0.1) is 52.5 Å². The predicted octanol–water partition coefficient (Wildman–Crippen LogP) is 10.6. The third-order valence-corrected chi connectivity index (χ3v) is 6.51. The maximum Gasteiger partial charge on any atom is 0.205 e. The first kappa shape index (κ1) is 47.5. The molecular weight excluding hydrogens is 748 g/mol. The van der Waals surface area contributed by atoms with E-state index >= 15 is 0 Å². The Bertz CT molecular complexity index is 1780. The molecule has 304 valence electrons. The molecule has 0 fully saturated rings. The molecule has 0 saturated carbocycles. The highest BCUT2D eigenvalue weighted by molar-refractivity contribution is 5.37. The third-order valence-electron chi connectivity index (χ3n) is 6.51. The Morgan fingerprint density at radius 3 is 1.02 bits per heavy atom. The van der Waals surface area contributed by atoms with E-state index in [0.717, 1.165) is 6.42 Å². The predicted molar refractivity (Wildman–Crippen MR) is 190 cm³/mol. The van der Waals surface area contributed by atoms with E-state index in [0.29, 0.717) is 13.2 Å². The van der Waals surface area contributed by atoms with Crippen LogP contribution in [0.1, 0.15) is 34.1 Å². The molecule has 4 aromatic carbocycles. The van der Waals surface area contributed by atoms with Crippen LogP contribution in [0.2, 0.25) is 0 Å². The molecule has 0 heterocycles. The standard InChI is InChI=1S/C11H14F2O2.C10H12F2O2.C10H10F2O2.C8H8F2O2/c1-7(2)6-15-9-5-4-8(14-3)10(12)11(9)13;2*1-3-6-14-8-5-4-7(13-2)9(11)10(8)12;1-11-5-3-4-6(12-2)8(10)7(5)9/h4-5,7H,6H2,1-3H3;4-5H,3,6H2,1-2H3;3-6H,1-2H3;3-4H,1-2H3/b;;6-3+;. The number of hydrogen-bond acceptors (Lipinski definition) is 8. The van der Waals surface area contributed by atoms with Crippen LogP contribution in [0.4, 0.5) is 35.1 Å². The van der Waals surface area contributed by atoms with Crippen molar-refractivity contribution in [2.75, 3.05) is 48.8 Å². The summed E-state index contributed by atoms with van der Waals surface area (Å²) in [7, 11) is 6.37. The summed E-state index contributed by atoms with van der Waals surface area (Å²) in [5.74, 6) is -8.91. The van der Waals surface area contributed by atoms with E-state index < -0.39 is 46.5 Å². The highest BCUT2D eigenvalue weighted by Gasteiger charge is 2.17. The molecular formula is C39H44F8O8. The van der Waals surface area contributed by atoms with Crippen molar-refractivity contribution in [3.63, 3.8) is 0 Å². The zero-order valence-electron chi connectivity index (χ0n) is 31.8. The van der Waals surface area contributed by atoms with Crippen LogP contribution in [0.25, 0.3) is 0 Å². The SMILES string of the molecule is C/C=C/Oc1ccc(OC)c(F)c1F.CCCOc1ccc(OC)c(F)c1F.COc1ccc(OC)c(F)c1F.COc1ccc(OCC(C)C)c(F)c1F. The van der Waals surface area contributed by atoms with Crippen molar-refractivity contribution in [1.82, 2.24) is 0 Å². The van der Waals surface area contributed by atoms with E-state index in [-0.39, 0.29) is 51.9 Å². The average Bonchev–Trinajstić information content (AvgIpc) is 3.18. The summed E-state index contributed by atoms with van der Waals surface area (Å²) in [6.45, 7) is 8.16. The molecule has 0 unspecified atom stereocenters. The molecule has 0 bridgehead atoms. The molecule has 0 aliphatic rings. The van der Waals surface area contributed by atoms with Gasteiger partial charge in [-0.2, -0.15) is 35.1 Å². The maximum absolute atomic E-state index is 13.3. The van der Waals surface area contributed by atoms with Gasteiger partial charge in [0, 0.05) is 0 Å². The van der Waals surface area contributed by atoms with Gasteiger partial charge in [-0.3, -0.25) is 0 Å². The Hall–Kier alpha value is -5.54. The Kier molecular flexibility index (Phi) is 21.3. The lowest BCUT2D eigenvalue weighted by molar-refractivity contribution is 0.253. The minimum Gasteiger partial charge on any atom is -0.494 e. The third kappa shape index (κ3) is 14.3. The van der Waals surface area contributed by atoms with Gasteiger partial charge in [-0.15, -0.1) is 0 Å². The first-order valence-corrected chi connectivity index (χ1v) is 16.3. The number of methoxy groups -OCH3 is 5. The first-order chi connectivity index (χ1) is 26.2. The van der Waals surface area contributed by atoms with E-state index in [4.69, 9.17) is 14.2 Å². The second-order valence-electron chi connectivity index (χ2n) is 10.9. The van der Waals surface area contributed by atoms with Crippen LogP contribution >= 0.6 is 0 Å². The minimum absolute atomic E-state index is 0.0786. The fraction of sp³-hybridized carbons (Fsp3) is 0.333. The number of halogens is 8. The topological polar surface area (TPSA) is 73.8 Å². The molecule has 0 aromatic heterocycles. The summed E-state index contributed by atoms with van der Waals surface area (Å²) >= 11 is 0. The minimum atomic E-state index is -1.05. The number of rotatable bonds is 13. The van der Waals surface area contributed by atoms with Crippen LogP contribution < -0.4 is 37.9 Å². The van der Waals surface area contributed by atoms with Crippen LogP contribution in [0.5, 0.6) is 46.0 Å². The summed E-state index contributed by atoms with van der Waals surface area (Å²) in [5, 5.41) is 0. The largest absolute Gasteiger partial charge is 0.494 e. The zero-order valence-corrected chi connectivity index (χ0v) is 31.8. The highest BCUT2D eigenvalue weighted by atomic mass is 19.2. The highest BCUT2D eigenvalue weighted by Crippen LogP contribution is 2.30. The van der Waals surface area contributed by atoms with Gasteiger partial charge in [0.05, 0.1) is 55.0 Å². The molecule has 0 atom stereocenters. The lowest BCUT2D eigenvalue weighted by Gasteiger charge is -2.11. The second kappa shape index (κ2) is 24.7. The van der Waals surface area contributed by atoms with E-state index in [1.54, 1.807) is 13.0 Å². The van der Waals surface area contributed by atoms with Crippen molar-refractivity contribution < 1.29 is 73.0 Å². The van der Waals surface area contributed by atoms with Crippen molar-refractivity contribution in [2.24, 2.45) is 5.92 Å². The number of allylic oxidation sites excluding steroid dienone is 1. The van der Waals surface area contributed by atoms with Crippen LogP contribution in [0.15, 0.2) is 60.9 Å². The lowest BCUT2D eigenvalue weighted by atomic mass is 10.2. The van der Waals surface area contributed by atoms with E-state index in [1.165, 1.54) is 90.3 Å². The van der Waals surface area contributed by atoms with Crippen LogP contribution in [-0.2, 0) is 0 Å². The molecule has 4 rings (SSSR count). The summed E-state index contributed by atoms with van der Waals surface area (Å²) in [5.41, 5.74) is 0. The fourth-order valence-electron chi connectivity index (χ4n) is 3.77. The van der Waals surface area contributed by atoms with E-state index in [1.807, 2.05) is 20.8 Å². The molecule has 16 heteroatoms. The number of ether oxygens (including phenoxy) is 8. The molecule has 0 saturated heterocycles. The van der Waals surface area contributed by atoms with Crippen molar-refractivity contribution in [2.45, 2.75) is 34.1 Å². The Morgan fingerprint density at radius 1 is 0.455 bits per heavy atom. The van der Waals surface area contributed by atoms with Gasteiger partial charge < -0.3 is 37.9 Å².